The van der Waals surface area contributed by atoms with Crippen molar-refractivity contribution in [3.63, 3.8) is 0 Å². The van der Waals surface area contributed by atoms with E-state index < -0.39 is 0 Å². The number of rotatable bonds is 4. The summed E-state index contributed by atoms with van der Waals surface area (Å²) in [7, 11) is 0. The van der Waals surface area contributed by atoms with Crippen molar-refractivity contribution in [2.24, 2.45) is 5.92 Å². The molecule has 1 unspecified atom stereocenters. The van der Waals surface area contributed by atoms with Gasteiger partial charge in [0.15, 0.2) is 0 Å². The Balaban J connectivity index is 1.68. The Hall–Kier alpha value is -1.96. The van der Waals surface area contributed by atoms with E-state index in [2.05, 4.69) is 27.2 Å². The molecule has 2 aromatic heterocycles. The van der Waals surface area contributed by atoms with Gasteiger partial charge >= 0.3 is 0 Å². The van der Waals surface area contributed by atoms with Crippen molar-refractivity contribution in [1.82, 2.24) is 19.9 Å². The molecule has 7 nitrogen and oxygen atoms in total. The van der Waals surface area contributed by atoms with E-state index in [1.165, 1.54) is 21.9 Å². The zero-order valence-corrected chi connectivity index (χ0v) is 15.1. The van der Waals surface area contributed by atoms with Crippen LogP contribution in [0.1, 0.15) is 38.8 Å². The van der Waals surface area contributed by atoms with E-state index in [1.54, 1.807) is 0 Å². The standard InChI is InChI=1S/C16H23N5O2S/c1-4-10(2)17-14(23)12-5-7-20(8-6-12)16-19-21-13(22)9-11(3)18-15(21)24-16/h9-10,12H,4-8H2,1-3H3,(H,17,23). The van der Waals surface area contributed by atoms with Gasteiger partial charge in [-0.25, -0.2) is 4.98 Å². The van der Waals surface area contributed by atoms with E-state index in [4.69, 9.17) is 0 Å². The largest absolute Gasteiger partial charge is 0.353 e. The first-order chi connectivity index (χ1) is 11.5. The molecule has 8 heteroatoms. The number of aryl methyl sites for hydroxylation is 1. The van der Waals surface area contributed by atoms with Crippen LogP contribution in [0, 0.1) is 12.8 Å². The van der Waals surface area contributed by atoms with Crippen molar-refractivity contribution in [2.45, 2.75) is 46.1 Å². The maximum absolute atomic E-state index is 12.2. The van der Waals surface area contributed by atoms with Crippen LogP contribution in [0.3, 0.4) is 0 Å². The fourth-order valence-corrected chi connectivity index (χ4v) is 3.84. The molecular weight excluding hydrogens is 326 g/mol. The molecule has 2 aromatic rings. The number of anilines is 1. The van der Waals surface area contributed by atoms with Crippen molar-refractivity contribution in [3.05, 3.63) is 22.1 Å². The average Bonchev–Trinajstić information content (AvgIpc) is 2.99. The van der Waals surface area contributed by atoms with Crippen LogP contribution >= 0.6 is 11.3 Å². The molecule has 3 rings (SSSR count). The first-order valence-corrected chi connectivity index (χ1v) is 9.22. The highest BCUT2D eigenvalue weighted by atomic mass is 32.1. The highest BCUT2D eigenvalue weighted by Gasteiger charge is 2.27. The van der Waals surface area contributed by atoms with E-state index in [1.807, 2.05) is 13.8 Å². The number of nitrogens with zero attached hydrogens (tertiary/aromatic N) is 4. The molecule has 0 radical (unpaired) electrons. The van der Waals surface area contributed by atoms with Gasteiger partial charge < -0.3 is 10.2 Å². The lowest BCUT2D eigenvalue weighted by Crippen LogP contribution is -2.43. The minimum Gasteiger partial charge on any atom is -0.353 e. The van der Waals surface area contributed by atoms with Crippen LogP contribution in [0.25, 0.3) is 4.96 Å². The smallest absolute Gasteiger partial charge is 0.275 e. The number of carbonyl (C=O) groups is 1. The Morgan fingerprint density at radius 3 is 2.83 bits per heavy atom. The number of piperidine rings is 1. The second-order valence-corrected chi connectivity index (χ2v) is 7.33. The van der Waals surface area contributed by atoms with Crippen LogP contribution in [0.5, 0.6) is 0 Å². The van der Waals surface area contributed by atoms with Gasteiger partial charge in [0.05, 0.1) is 0 Å². The van der Waals surface area contributed by atoms with Crippen molar-refractivity contribution < 1.29 is 4.79 Å². The maximum Gasteiger partial charge on any atom is 0.275 e. The number of fused-ring (bicyclic) bond motifs is 1. The lowest BCUT2D eigenvalue weighted by atomic mass is 9.96. The molecular formula is C16H23N5O2S. The molecule has 0 spiro atoms. The van der Waals surface area contributed by atoms with Crippen LogP contribution in [-0.4, -0.2) is 39.6 Å². The highest BCUT2D eigenvalue weighted by Crippen LogP contribution is 2.26. The second kappa shape index (κ2) is 6.88. The summed E-state index contributed by atoms with van der Waals surface area (Å²) in [6.07, 6.45) is 2.55. The third-order valence-electron chi connectivity index (χ3n) is 4.50. The molecule has 3 heterocycles. The van der Waals surface area contributed by atoms with Gasteiger partial charge in [0.2, 0.25) is 16.0 Å². The number of nitrogens with one attached hydrogen (secondary N) is 1. The molecule has 24 heavy (non-hydrogen) atoms. The van der Waals surface area contributed by atoms with Crippen molar-refractivity contribution in [3.8, 4) is 0 Å². The normalized spacial score (nSPS) is 17.2. The summed E-state index contributed by atoms with van der Waals surface area (Å²) in [5, 5.41) is 8.25. The van der Waals surface area contributed by atoms with E-state index in [-0.39, 0.29) is 23.4 Å². The van der Waals surface area contributed by atoms with Gasteiger partial charge in [0.25, 0.3) is 5.56 Å². The number of hydrogen-bond acceptors (Lipinski definition) is 6. The Morgan fingerprint density at radius 1 is 1.46 bits per heavy atom. The van der Waals surface area contributed by atoms with Gasteiger partial charge in [-0.2, -0.15) is 4.52 Å². The van der Waals surface area contributed by atoms with Crippen LogP contribution in [0.4, 0.5) is 5.13 Å². The first kappa shape index (κ1) is 16.9. The van der Waals surface area contributed by atoms with E-state index in [0.717, 1.165) is 37.5 Å². The molecule has 130 valence electrons. The number of hydrogen-bond donors (Lipinski definition) is 1. The third-order valence-corrected chi connectivity index (χ3v) is 5.47. The lowest BCUT2D eigenvalue weighted by molar-refractivity contribution is -0.126. The Labute approximate surface area is 144 Å². The maximum atomic E-state index is 12.2. The molecule has 1 atom stereocenters. The minimum absolute atomic E-state index is 0.0627. The predicted octanol–water partition coefficient (Wildman–Crippen LogP) is 1.59. The van der Waals surface area contributed by atoms with Crippen LogP contribution in [0.2, 0.25) is 0 Å². The molecule has 0 aliphatic carbocycles. The monoisotopic (exact) mass is 349 g/mol. The van der Waals surface area contributed by atoms with E-state index in [9.17, 15) is 9.59 Å². The van der Waals surface area contributed by atoms with Crippen molar-refractivity contribution in [2.75, 3.05) is 18.0 Å². The van der Waals surface area contributed by atoms with Gasteiger partial charge in [-0.15, -0.1) is 5.10 Å². The van der Waals surface area contributed by atoms with Gasteiger partial charge in [-0.3, -0.25) is 9.59 Å². The Bertz CT molecular complexity index is 791. The van der Waals surface area contributed by atoms with Gasteiger partial charge in [0.1, 0.15) is 0 Å². The Kier molecular flexibility index (Phi) is 4.84. The average molecular weight is 349 g/mol. The first-order valence-electron chi connectivity index (χ1n) is 8.40. The fraction of sp³-hybridized carbons (Fsp3) is 0.625. The molecule has 0 aromatic carbocycles. The van der Waals surface area contributed by atoms with Gasteiger partial charge in [-0.05, 0) is 33.1 Å². The molecule has 1 amide bonds. The summed E-state index contributed by atoms with van der Waals surface area (Å²) in [5.74, 6) is 0.217. The summed E-state index contributed by atoms with van der Waals surface area (Å²) in [4.78, 5) is 31.3. The minimum atomic E-state index is -0.150. The summed E-state index contributed by atoms with van der Waals surface area (Å²) < 4.78 is 1.36. The molecule has 1 N–H and O–H groups in total. The molecule has 1 fully saturated rings. The zero-order valence-electron chi connectivity index (χ0n) is 14.3. The number of amides is 1. The SMILES string of the molecule is CCC(C)NC(=O)C1CCN(c2nn3c(=O)cc(C)nc3s2)CC1. The van der Waals surface area contributed by atoms with Gasteiger partial charge in [0, 0.05) is 36.8 Å². The molecule has 0 saturated carbocycles. The second-order valence-electron chi connectivity index (χ2n) is 6.39. The lowest BCUT2D eigenvalue weighted by Gasteiger charge is -2.31. The molecule has 1 aliphatic heterocycles. The van der Waals surface area contributed by atoms with Gasteiger partial charge in [-0.1, -0.05) is 18.3 Å². The Morgan fingerprint density at radius 2 is 2.17 bits per heavy atom. The number of carbonyl (C=O) groups excluding carboxylic acids is 1. The zero-order chi connectivity index (χ0) is 17.3. The van der Waals surface area contributed by atoms with Crippen LogP contribution in [0.15, 0.2) is 10.9 Å². The summed E-state index contributed by atoms with van der Waals surface area (Å²) in [6.45, 7) is 7.44. The highest BCUT2D eigenvalue weighted by molar-refractivity contribution is 7.20. The topological polar surface area (TPSA) is 79.6 Å². The van der Waals surface area contributed by atoms with Crippen molar-refractivity contribution >= 4 is 27.3 Å². The third kappa shape index (κ3) is 3.43. The quantitative estimate of drug-likeness (QED) is 0.907. The fourth-order valence-electron chi connectivity index (χ4n) is 2.83. The van der Waals surface area contributed by atoms with E-state index in [0.29, 0.717) is 10.7 Å². The predicted molar refractivity (Wildman–Crippen MR) is 94.7 cm³/mol. The van der Waals surface area contributed by atoms with E-state index >= 15 is 0 Å². The number of aromatic nitrogens is 3. The molecule has 0 bridgehead atoms. The van der Waals surface area contributed by atoms with Crippen molar-refractivity contribution in [1.29, 1.82) is 0 Å². The summed E-state index contributed by atoms with van der Waals surface area (Å²) in [5.41, 5.74) is 0.554. The summed E-state index contributed by atoms with van der Waals surface area (Å²) in [6, 6.07) is 1.71. The molecule has 1 saturated heterocycles. The molecule has 1 aliphatic rings. The van der Waals surface area contributed by atoms with Crippen LogP contribution < -0.4 is 15.8 Å². The summed E-state index contributed by atoms with van der Waals surface area (Å²) >= 11 is 1.42. The van der Waals surface area contributed by atoms with Crippen LogP contribution in [-0.2, 0) is 4.79 Å².